The van der Waals surface area contributed by atoms with Crippen LogP contribution in [0.25, 0.3) is 0 Å². The maximum absolute atomic E-state index is 12.7. The van der Waals surface area contributed by atoms with Crippen LogP contribution in [0.3, 0.4) is 0 Å². The van der Waals surface area contributed by atoms with Gasteiger partial charge < -0.3 is 10.4 Å². The Labute approximate surface area is 151 Å². The standard InChI is InChI=1S/C17H20N2O4S2/c1-12-4-3-7-19(10-12)25(22,23)15-9-16(24-11-15)17(21)18-13-5-2-6-14(20)8-13/h2,5-6,8-9,11-12,20H,3-4,7,10H2,1H3,(H,18,21). The van der Waals surface area contributed by atoms with Crippen molar-refractivity contribution >= 4 is 33.0 Å². The van der Waals surface area contributed by atoms with Crippen molar-refractivity contribution in [3.8, 4) is 5.75 Å². The lowest BCUT2D eigenvalue weighted by molar-refractivity contribution is 0.103. The molecule has 0 spiro atoms. The van der Waals surface area contributed by atoms with Crippen molar-refractivity contribution in [3.05, 3.63) is 40.6 Å². The summed E-state index contributed by atoms with van der Waals surface area (Å²) < 4.78 is 27.0. The average molecular weight is 380 g/mol. The van der Waals surface area contributed by atoms with Gasteiger partial charge in [-0.1, -0.05) is 13.0 Å². The molecule has 1 amide bonds. The number of benzene rings is 1. The molecule has 2 heterocycles. The first-order valence-corrected chi connectivity index (χ1v) is 10.4. The van der Waals surface area contributed by atoms with Gasteiger partial charge in [-0.2, -0.15) is 4.31 Å². The summed E-state index contributed by atoms with van der Waals surface area (Å²) in [5.41, 5.74) is 0.452. The molecule has 134 valence electrons. The monoisotopic (exact) mass is 380 g/mol. The Bertz CT molecular complexity index is 876. The van der Waals surface area contributed by atoms with Gasteiger partial charge in [0.15, 0.2) is 0 Å². The second-order valence-electron chi connectivity index (χ2n) is 6.26. The Morgan fingerprint density at radius 1 is 1.36 bits per heavy atom. The van der Waals surface area contributed by atoms with Crippen LogP contribution in [0.5, 0.6) is 5.75 Å². The van der Waals surface area contributed by atoms with E-state index in [9.17, 15) is 18.3 Å². The number of anilines is 1. The molecular weight excluding hydrogens is 360 g/mol. The van der Waals surface area contributed by atoms with E-state index in [1.165, 1.54) is 27.9 Å². The summed E-state index contributed by atoms with van der Waals surface area (Å²) in [6.07, 6.45) is 1.89. The number of rotatable bonds is 4. The number of thiophene rings is 1. The molecule has 3 rings (SSSR count). The van der Waals surface area contributed by atoms with Crippen molar-refractivity contribution in [2.24, 2.45) is 5.92 Å². The van der Waals surface area contributed by atoms with Crippen LogP contribution in [-0.2, 0) is 10.0 Å². The third kappa shape index (κ3) is 4.02. The Kier molecular flexibility index (Phi) is 5.12. The first-order chi connectivity index (χ1) is 11.9. The van der Waals surface area contributed by atoms with Gasteiger partial charge in [-0.15, -0.1) is 11.3 Å². The minimum atomic E-state index is -3.56. The molecule has 0 saturated carbocycles. The normalized spacial score (nSPS) is 18.8. The van der Waals surface area contributed by atoms with Crippen LogP contribution in [0.15, 0.2) is 40.6 Å². The van der Waals surface area contributed by atoms with E-state index in [1.807, 2.05) is 6.92 Å². The highest BCUT2D eigenvalue weighted by atomic mass is 32.2. The van der Waals surface area contributed by atoms with Crippen molar-refractivity contribution in [2.45, 2.75) is 24.7 Å². The van der Waals surface area contributed by atoms with Gasteiger partial charge in [-0.25, -0.2) is 8.42 Å². The molecule has 0 aliphatic carbocycles. The summed E-state index contributed by atoms with van der Waals surface area (Å²) in [7, 11) is -3.56. The largest absolute Gasteiger partial charge is 0.508 e. The number of phenols is 1. The van der Waals surface area contributed by atoms with Crippen molar-refractivity contribution in [2.75, 3.05) is 18.4 Å². The molecule has 6 nitrogen and oxygen atoms in total. The Morgan fingerprint density at radius 2 is 2.16 bits per heavy atom. The van der Waals surface area contributed by atoms with E-state index in [0.29, 0.717) is 29.6 Å². The lowest BCUT2D eigenvalue weighted by Gasteiger charge is -2.29. The van der Waals surface area contributed by atoms with E-state index >= 15 is 0 Å². The molecule has 1 aliphatic heterocycles. The zero-order valence-electron chi connectivity index (χ0n) is 13.8. The fourth-order valence-corrected chi connectivity index (χ4v) is 5.62. The van der Waals surface area contributed by atoms with E-state index in [1.54, 1.807) is 12.1 Å². The molecule has 25 heavy (non-hydrogen) atoms. The molecule has 1 fully saturated rings. The number of hydrogen-bond acceptors (Lipinski definition) is 5. The number of aromatic hydroxyl groups is 1. The molecule has 1 saturated heterocycles. The molecule has 8 heteroatoms. The first kappa shape index (κ1) is 17.9. The molecule has 0 radical (unpaired) electrons. The van der Waals surface area contributed by atoms with E-state index in [0.717, 1.165) is 24.2 Å². The van der Waals surface area contributed by atoms with Crippen LogP contribution in [-0.4, -0.2) is 36.8 Å². The number of nitrogens with zero attached hydrogens (tertiary/aromatic N) is 1. The molecule has 1 unspecified atom stereocenters. The number of phenolic OH excluding ortho intramolecular Hbond substituents is 1. The van der Waals surface area contributed by atoms with Crippen LogP contribution in [0.2, 0.25) is 0 Å². The molecule has 1 aromatic carbocycles. The second kappa shape index (κ2) is 7.15. The molecule has 1 atom stereocenters. The predicted octanol–water partition coefficient (Wildman–Crippen LogP) is 3.13. The minimum absolute atomic E-state index is 0.0477. The number of carbonyl (C=O) groups is 1. The molecule has 1 aromatic heterocycles. The fraction of sp³-hybridized carbons (Fsp3) is 0.353. The average Bonchev–Trinajstić information content (AvgIpc) is 3.06. The van der Waals surface area contributed by atoms with Crippen LogP contribution in [0.1, 0.15) is 29.4 Å². The summed E-state index contributed by atoms with van der Waals surface area (Å²) in [4.78, 5) is 12.8. The summed E-state index contributed by atoms with van der Waals surface area (Å²) >= 11 is 1.09. The van der Waals surface area contributed by atoms with Crippen molar-refractivity contribution in [1.82, 2.24) is 4.31 Å². The van der Waals surface area contributed by atoms with Crippen LogP contribution < -0.4 is 5.32 Å². The Balaban J connectivity index is 1.76. The van der Waals surface area contributed by atoms with Crippen LogP contribution >= 0.6 is 11.3 Å². The quantitative estimate of drug-likeness (QED) is 0.853. The third-order valence-corrected chi connectivity index (χ3v) is 7.08. The second-order valence-corrected chi connectivity index (χ2v) is 9.11. The van der Waals surface area contributed by atoms with Crippen LogP contribution in [0.4, 0.5) is 5.69 Å². The number of amides is 1. The van der Waals surface area contributed by atoms with E-state index in [4.69, 9.17) is 0 Å². The molecule has 2 aromatic rings. The first-order valence-electron chi connectivity index (χ1n) is 8.05. The van der Waals surface area contributed by atoms with Crippen molar-refractivity contribution < 1.29 is 18.3 Å². The lowest BCUT2D eigenvalue weighted by atomic mass is 10.0. The van der Waals surface area contributed by atoms with E-state index < -0.39 is 15.9 Å². The van der Waals surface area contributed by atoms with E-state index in [-0.39, 0.29) is 10.6 Å². The van der Waals surface area contributed by atoms with Gasteiger partial charge >= 0.3 is 0 Å². The predicted molar refractivity (Wildman–Crippen MR) is 97.5 cm³/mol. The third-order valence-electron chi connectivity index (χ3n) is 4.16. The highest BCUT2D eigenvalue weighted by molar-refractivity contribution is 7.89. The Hall–Kier alpha value is -1.90. The smallest absolute Gasteiger partial charge is 0.265 e. The van der Waals surface area contributed by atoms with Crippen LogP contribution in [0, 0.1) is 5.92 Å². The minimum Gasteiger partial charge on any atom is -0.508 e. The molecule has 1 aliphatic rings. The molecular formula is C17H20N2O4S2. The highest BCUT2D eigenvalue weighted by Crippen LogP contribution is 2.27. The summed E-state index contributed by atoms with van der Waals surface area (Å²) in [5.74, 6) is -0.00813. The van der Waals surface area contributed by atoms with Gasteiger partial charge in [0, 0.05) is 30.2 Å². The van der Waals surface area contributed by atoms with Gasteiger partial charge in [0.25, 0.3) is 5.91 Å². The summed E-state index contributed by atoms with van der Waals surface area (Å²) in [6, 6.07) is 7.62. The van der Waals surface area contributed by atoms with Crippen molar-refractivity contribution in [3.63, 3.8) is 0 Å². The fourth-order valence-electron chi connectivity index (χ4n) is 2.86. The van der Waals surface area contributed by atoms with Gasteiger partial charge in [0.2, 0.25) is 10.0 Å². The SMILES string of the molecule is CC1CCCN(S(=O)(=O)c2csc(C(=O)Nc3cccc(O)c3)c2)C1. The lowest BCUT2D eigenvalue weighted by Crippen LogP contribution is -2.38. The van der Waals surface area contributed by atoms with Gasteiger partial charge in [-0.3, -0.25) is 4.79 Å². The number of sulfonamides is 1. The Morgan fingerprint density at radius 3 is 2.88 bits per heavy atom. The van der Waals surface area contributed by atoms with Gasteiger partial charge in [0.1, 0.15) is 5.75 Å². The summed E-state index contributed by atoms with van der Waals surface area (Å²) in [5, 5.41) is 13.6. The number of hydrogen-bond donors (Lipinski definition) is 2. The van der Waals surface area contributed by atoms with Gasteiger partial charge in [0.05, 0.1) is 9.77 Å². The van der Waals surface area contributed by atoms with Crippen molar-refractivity contribution in [1.29, 1.82) is 0 Å². The number of piperidine rings is 1. The zero-order valence-corrected chi connectivity index (χ0v) is 15.4. The molecule has 2 N–H and O–H groups in total. The summed E-state index contributed by atoms with van der Waals surface area (Å²) in [6.45, 7) is 3.08. The zero-order chi connectivity index (χ0) is 18.0. The topological polar surface area (TPSA) is 86.7 Å². The maximum Gasteiger partial charge on any atom is 0.265 e. The highest BCUT2D eigenvalue weighted by Gasteiger charge is 2.30. The number of carbonyl (C=O) groups excluding carboxylic acids is 1. The maximum atomic E-state index is 12.7. The van der Waals surface area contributed by atoms with E-state index in [2.05, 4.69) is 5.32 Å². The van der Waals surface area contributed by atoms with Gasteiger partial charge in [-0.05, 0) is 37.0 Å². The number of nitrogens with one attached hydrogen (secondary N) is 1. The molecule has 0 bridgehead atoms.